The van der Waals surface area contributed by atoms with Crippen LogP contribution in [0, 0.1) is 12.3 Å². The van der Waals surface area contributed by atoms with E-state index in [4.69, 9.17) is 6.42 Å². The molecule has 0 bridgehead atoms. The largest absolute Gasteiger partial charge is 0.471 e. The van der Waals surface area contributed by atoms with E-state index >= 15 is 0 Å². The number of hydrogen-bond donors (Lipinski definition) is 1. The molecular formula is C14H10F3N3O2. The molecule has 0 aliphatic carbocycles. The topological polar surface area (TPSA) is 68.0 Å². The first kappa shape index (κ1) is 15.6. The van der Waals surface area contributed by atoms with Gasteiger partial charge < -0.3 is 9.84 Å². The lowest BCUT2D eigenvalue weighted by Crippen LogP contribution is -2.23. The van der Waals surface area contributed by atoms with Crippen molar-refractivity contribution in [3.05, 3.63) is 47.1 Å². The zero-order chi connectivity index (χ0) is 16.2. The molecular weight excluding hydrogens is 299 g/mol. The van der Waals surface area contributed by atoms with Gasteiger partial charge in [0, 0.05) is 12.0 Å². The number of carbonyl (C=O) groups is 1. The van der Waals surface area contributed by atoms with Crippen molar-refractivity contribution in [1.82, 2.24) is 15.5 Å². The number of nitrogens with zero attached hydrogens (tertiary/aromatic N) is 2. The molecule has 1 aromatic carbocycles. The van der Waals surface area contributed by atoms with Crippen molar-refractivity contribution >= 4 is 5.91 Å². The molecule has 5 nitrogen and oxygen atoms in total. The van der Waals surface area contributed by atoms with Crippen molar-refractivity contribution in [3.8, 4) is 12.3 Å². The molecule has 0 fully saturated rings. The molecule has 22 heavy (non-hydrogen) atoms. The maximum absolute atomic E-state index is 12.3. The minimum Gasteiger partial charge on any atom is -0.341 e. The van der Waals surface area contributed by atoms with E-state index in [1.165, 1.54) is 12.1 Å². The first-order valence-electron chi connectivity index (χ1n) is 6.10. The third-order valence-corrected chi connectivity index (χ3v) is 2.64. The average molecular weight is 309 g/mol. The Bertz CT molecular complexity index is 699. The highest BCUT2D eigenvalue weighted by molar-refractivity contribution is 5.94. The van der Waals surface area contributed by atoms with Gasteiger partial charge in [0.05, 0.1) is 6.54 Å². The molecule has 2 aromatic rings. The van der Waals surface area contributed by atoms with Crippen LogP contribution in [0.2, 0.25) is 0 Å². The molecule has 0 atom stereocenters. The second kappa shape index (κ2) is 6.30. The normalized spacial score (nSPS) is 11.0. The predicted molar refractivity (Wildman–Crippen MR) is 69.7 cm³/mol. The fourth-order valence-electron chi connectivity index (χ4n) is 1.63. The molecule has 2 rings (SSSR count). The Kier molecular flexibility index (Phi) is 4.46. The summed E-state index contributed by atoms with van der Waals surface area (Å²) in [4.78, 5) is 14.9. The predicted octanol–water partition coefficient (Wildman–Crippen LogP) is 2.04. The lowest BCUT2D eigenvalue weighted by atomic mass is 10.1. The minimum atomic E-state index is -4.66. The maximum Gasteiger partial charge on any atom is 0.471 e. The van der Waals surface area contributed by atoms with Crippen molar-refractivity contribution in [2.45, 2.75) is 12.6 Å². The number of rotatable bonds is 4. The summed E-state index contributed by atoms with van der Waals surface area (Å²) in [5.74, 6) is 0.478. The van der Waals surface area contributed by atoms with Crippen LogP contribution in [0.25, 0.3) is 0 Å². The van der Waals surface area contributed by atoms with Crippen LogP contribution in [-0.2, 0) is 12.6 Å². The lowest BCUT2D eigenvalue weighted by molar-refractivity contribution is -0.159. The Morgan fingerprint density at radius 3 is 2.55 bits per heavy atom. The van der Waals surface area contributed by atoms with Crippen LogP contribution < -0.4 is 5.32 Å². The fraction of sp³-hybridized carbons (Fsp3) is 0.214. The number of alkyl halides is 3. The molecule has 1 amide bonds. The standard InChI is InChI=1S/C14H10F3N3O2/c1-2-7-18-12(21)10-5-3-9(4-6-10)8-11-19-13(22-20-11)14(15,16)17/h1,3-6H,7-8H2,(H,18,21). The first-order valence-corrected chi connectivity index (χ1v) is 6.10. The lowest BCUT2D eigenvalue weighted by Gasteiger charge is -2.02. The van der Waals surface area contributed by atoms with E-state index in [1.807, 2.05) is 0 Å². The van der Waals surface area contributed by atoms with Gasteiger partial charge in [-0.3, -0.25) is 4.79 Å². The van der Waals surface area contributed by atoms with Gasteiger partial charge in [-0.25, -0.2) is 0 Å². The molecule has 0 saturated heterocycles. The fourth-order valence-corrected chi connectivity index (χ4v) is 1.63. The summed E-state index contributed by atoms with van der Waals surface area (Å²) in [6.07, 6.45) is 0.429. The molecule has 0 aliphatic heterocycles. The number of amides is 1. The van der Waals surface area contributed by atoms with Crippen molar-refractivity contribution in [1.29, 1.82) is 0 Å². The number of aromatic nitrogens is 2. The van der Waals surface area contributed by atoms with Gasteiger partial charge in [-0.1, -0.05) is 23.2 Å². The zero-order valence-corrected chi connectivity index (χ0v) is 11.1. The second-order valence-corrected chi connectivity index (χ2v) is 4.27. The Balaban J connectivity index is 2.04. The number of hydrogen-bond acceptors (Lipinski definition) is 4. The summed E-state index contributed by atoms with van der Waals surface area (Å²) in [7, 11) is 0. The summed E-state index contributed by atoms with van der Waals surface area (Å²) in [6, 6.07) is 6.25. The number of carbonyl (C=O) groups excluding carboxylic acids is 1. The van der Waals surface area contributed by atoms with Crippen molar-refractivity contribution < 1.29 is 22.5 Å². The molecule has 0 spiro atoms. The monoisotopic (exact) mass is 309 g/mol. The van der Waals surface area contributed by atoms with Gasteiger partial charge in [0.25, 0.3) is 5.91 Å². The Hall–Kier alpha value is -2.82. The smallest absolute Gasteiger partial charge is 0.341 e. The van der Waals surface area contributed by atoms with Crippen LogP contribution in [0.4, 0.5) is 13.2 Å². The molecule has 1 aromatic heterocycles. The molecule has 0 saturated carbocycles. The third-order valence-electron chi connectivity index (χ3n) is 2.64. The molecule has 8 heteroatoms. The summed E-state index contributed by atoms with van der Waals surface area (Å²) in [5.41, 5.74) is 1.03. The van der Waals surface area contributed by atoms with Gasteiger partial charge in [-0.15, -0.1) is 6.42 Å². The van der Waals surface area contributed by atoms with E-state index in [0.717, 1.165) is 0 Å². The molecule has 114 valence electrons. The maximum atomic E-state index is 12.3. The third kappa shape index (κ3) is 3.85. The first-order chi connectivity index (χ1) is 10.4. The average Bonchev–Trinajstić information content (AvgIpc) is 2.94. The Morgan fingerprint density at radius 2 is 2.00 bits per heavy atom. The summed E-state index contributed by atoms with van der Waals surface area (Å²) < 4.78 is 41.1. The summed E-state index contributed by atoms with van der Waals surface area (Å²) >= 11 is 0. The Morgan fingerprint density at radius 1 is 1.32 bits per heavy atom. The summed E-state index contributed by atoms with van der Waals surface area (Å²) in [5, 5.41) is 5.77. The SMILES string of the molecule is C#CCNC(=O)c1ccc(Cc2noc(C(F)(F)F)n2)cc1. The second-order valence-electron chi connectivity index (χ2n) is 4.27. The van der Waals surface area contributed by atoms with Crippen LogP contribution in [0.5, 0.6) is 0 Å². The van der Waals surface area contributed by atoms with Crippen molar-refractivity contribution in [3.63, 3.8) is 0 Å². The number of nitrogens with one attached hydrogen (secondary N) is 1. The number of benzene rings is 1. The van der Waals surface area contributed by atoms with E-state index in [9.17, 15) is 18.0 Å². The number of terminal acetylenes is 1. The van der Waals surface area contributed by atoms with E-state index in [-0.39, 0.29) is 24.7 Å². The van der Waals surface area contributed by atoms with Crippen LogP contribution in [-0.4, -0.2) is 22.6 Å². The van der Waals surface area contributed by atoms with E-state index in [0.29, 0.717) is 11.1 Å². The van der Waals surface area contributed by atoms with Gasteiger partial charge in [-0.2, -0.15) is 18.2 Å². The van der Waals surface area contributed by atoms with Crippen molar-refractivity contribution in [2.24, 2.45) is 0 Å². The van der Waals surface area contributed by atoms with Crippen molar-refractivity contribution in [2.75, 3.05) is 6.54 Å². The van der Waals surface area contributed by atoms with Gasteiger partial charge in [0.2, 0.25) is 0 Å². The zero-order valence-electron chi connectivity index (χ0n) is 11.1. The van der Waals surface area contributed by atoms with Gasteiger partial charge >= 0.3 is 12.1 Å². The van der Waals surface area contributed by atoms with Gasteiger partial charge in [0.1, 0.15) is 0 Å². The highest BCUT2D eigenvalue weighted by atomic mass is 19.4. The van der Waals surface area contributed by atoms with Crippen LogP contribution >= 0.6 is 0 Å². The van der Waals surface area contributed by atoms with Crippen LogP contribution in [0.1, 0.15) is 27.6 Å². The Labute approximate surface area is 123 Å². The van der Waals surface area contributed by atoms with Crippen LogP contribution in [0.3, 0.4) is 0 Å². The number of halogens is 3. The van der Waals surface area contributed by atoms with E-state index < -0.39 is 12.1 Å². The van der Waals surface area contributed by atoms with E-state index in [2.05, 4.69) is 25.9 Å². The molecule has 0 unspecified atom stereocenters. The molecule has 0 aliphatic rings. The molecule has 0 radical (unpaired) electrons. The van der Waals surface area contributed by atoms with E-state index in [1.54, 1.807) is 12.1 Å². The molecule has 1 N–H and O–H groups in total. The highest BCUT2D eigenvalue weighted by Gasteiger charge is 2.38. The van der Waals surface area contributed by atoms with Gasteiger partial charge in [0.15, 0.2) is 5.82 Å². The van der Waals surface area contributed by atoms with Gasteiger partial charge in [-0.05, 0) is 17.7 Å². The molecule has 1 heterocycles. The minimum absolute atomic E-state index is 0.0613. The highest BCUT2D eigenvalue weighted by Crippen LogP contribution is 2.27. The quantitative estimate of drug-likeness (QED) is 0.878. The summed E-state index contributed by atoms with van der Waals surface area (Å²) in [6.45, 7) is 0.115. The van der Waals surface area contributed by atoms with Crippen LogP contribution in [0.15, 0.2) is 28.8 Å².